The summed E-state index contributed by atoms with van der Waals surface area (Å²) in [6.45, 7) is 7.14. The first-order valence-corrected chi connectivity index (χ1v) is 21.8. The topological polar surface area (TPSA) is 119 Å². The Labute approximate surface area is 362 Å². The molecule has 0 saturated carbocycles. The number of carbonyl (C=O) groups is 1. The van der Waals surface area contributed by atoms with E-state index in [1.54, 1.807) is 24.3 Å². The minimum absolute atomic E-state index is 0.00363. The molecule has 2 aromatic carbocycles. The second kappa shape index (κ2) is 15.8. The smallest absolute Gasteiger partial charge is 0.410 e. The Bertz CT molecular complexity index is 2670. The van der Waals surface area contributed by atoms with Crippen molar-refractivity contribution in [1.82, 2.24) is 34.7 Å². The lowest BCUT2D eigenvalue weighted by Gasteiger charge is -2.48. The van der Waals surface area contributed by atoms with Gasteiger partial charge in [0.25, 0.3) is 6.43 Å². The number of carbonyl (C=O) groups excluding carboxylic acids is 1. The molecular weight excluding hydrogens is 817 g/mol. The highest BCUT2D eigenvalue weighted by molar-refractivity contribution is 6.02. The lowest BCUT2D eigenvalue weighted by molar-refractivity contribution is 0.00698. The van der Waals surface area contributed by atoms with Gasteiger partial charge in [0, 0.05) is 35.9 Å². The number of halogens is 4. The Kier molecular flexibility index (Phi) is 10.3. The van der Waals surface area contributed by atoms with Crippen molar-refractivity contribution in [2.24, 2.45) is 0 Å². The fourth-order valence-corrected chi connectivity index (χ4v) is 11.0. The number of alkyl halides is 2. The molecule has 328 valence electrons. The number of fused-ring (bicyclic) bond motifs is 7. The highest BCUT2D eigenvalue weighted by Crippen LogP contribution is 2.46. The van der Waals surface area contributed by atoms with Crippen LogP contribution in [0.3, 0.4) is 0 Å². The van der Waals surface area contributed by atoms with E-state index in [4.69, 9.17) is 35.6 Å². The molecule has 1 amide bonds. The average molecular weight is 865 g/mol. The first-order chi connectivity index (χ1) is 30.3. The molecule has 3 aromatic heterocycles. The van der Waals surface area contributed by atoms with Crippen LogP contribution in [0.2, 0.25) is 0 Å². The van der Waals surface area contributed by atoms with Crippen LogP contribution in [0.5, 0.6) is 11.9 Å². The highest BCUT2D eigenvalue weighted by Gasteiger charge is 2.52. The van der Waals surface area contributed by atoms with Crippen molar-refractivity contribution >= 4 is 33.6 Å². The van der Waals surface area contributed by atoms with Gasteiger partial charge in [0.05, 0.1) is 40.3 Å². The van der Waals surface area contributed by atoms with Crippen LogP contribution >= 0.6 is 0 Å². The van der Waals surface area contributed by atoms with Gasteiger partial charge in [0.1, 0.15) is 41.7 Å². The van der Waals surface area contributed by atoms with Gasteiger partial charge in [-0.2, -0.15) is 9.97 Å². The number of terminal acetylenes is 1. The van der Waals surface area contributed by atoms with E-state index in [-0.39, 0.29) is 72.1 Å². The van der Waals surface area contributed by atoms with E-state index in [0.717, 1.165) is 45.1 Å². The molecule has 0 N–H and O–H groups in total. The van der Waals surface area contributed by atoms with E-state index in [1.807, 2.05) is 25.7 Å². The molecular formula is C47H48F4N8O4. The Balaban J connectivity index is 1.04. The normalized spacial score (nSPS) is 24.3. The molecule has 4 fully saturated rings. The quantitative estimate of drug-likeness (QED) is 0.110. The number of hydrogen-bond acceptors (Lipinski definition) is 11. The van der Waals surface area contributed by atoms with Gasteiger partial charge in [-0.3, -0.25) is 9.80 Å². The Morgan fingerprint density at radius 1 is 0.968 bits per heavy atom. The number of anilines is 1. The summed E-state index contributed by atoms with van der Waals surface area (Å²) in [5.74, 6) is 1.50. The number of benzene rings is 2. The number of amides is 1. The summed E-state index contributed by atoms with van der Waals surface area (Å²) in [4.78, 5) is 42.9. The molecule has 63 heavy (non-hydrogen) atoms. The monoisotopic (exact) mass is 864 g/mol. The van der Waals surface area contributed by atoms with Gasteiger partial charge in [0.2, 0.25) is 5.88 Å². The van der Waals surface area contributed by atoms with Crippen LogP contribution in [0.1, 0.15) is 95.5 Å². The van der Waals surface area contributed by atoms with Crippen molar-refractivity contribution < 1.29 is 36.6 Å². The minimum Gasteiger partial charge on any atom is -0.475 e. The van der Waals surface area contributed by atoms with Crippen LogP contribution in [-0.4, -0.2) is 102 Å². The second-order valence-corrected chi connectivity index (χ2v) is 18.4. The minimum atomic E-state index is -2.82. The largest absolute Gasteiger partial charge is 0.475 e. The maximum Gasteiger partial charge on any atom is 0.410 e. The van der Waals surface area contributed by atoms with E-state index in [1.165, 1.54) is 18.5 Å². The van der Waals surface area contributed by atoms with Crippen molar-refractivity contribution in [1.29, 1.82) is 0 Å². The molecule has 0 spiro atoms. The zero-order chi connectivity index (χ0) is 43.8. The molecule has 0 radical (unpaired) electrons. The van der Waals surface area contributed by atoms with Crippen LogP contribution in [0, 0.1) is 24.0 Å². The van der Waals surface area contributed by atoms with E-state index >= 15 is 8.78 Å². The number of hydrogen-bond donors (Lipinski definition) is 0. The van der Waals surface area contributed by atoms with Crippen LogP contribution in [0.15, 0.2) is 42.7 Å². The van der Waals surface area contributed by atoms with Gasteiger partial charge in [-0.15, -0.1) is 6.42 Å². The van der Waals surface area contributed by atoms with Crippen molar-refractivity contribution in [2.45, 2.75) is 120 Å². The van der Waals surface area contributed by atoms with Gasteiger partial charge in [-0.1, -0.05) is 30.2 Å². The lowest BCUT2D eigenvalue weighted by atomic mass is 9.92. The Hall–Kier alpha value is -5.82. The average Bonchev–Trinajstić information content (AvgIpc) is 3.93. The summed E-state index contributed by atoms with van der Waals surface area (Å²) < 4.78 is 78.6. The molecule has 2 bridgehead atoms. The summed E-state index contributed by atoms with van der Waals surface area (Å²) in [7, 11) is 0. The molecule has 4 saturated heterocycles. The number of rotatable bonds is 8. The summed E-state index contributed by atoms with van der Waals surface area (Å²) in [6.07, 6.45) is 11.9. The van der Waals surface area contributed by atoms with Crippen molar-refractivity contribution in [3.05, 3.63) is 71.3 Å². The summed E-state index contributed by atoms with van der Waals surface area (Å²) in [5, 5.41) is 1.51. The standard InChI is InChI=1S/C47H48F4N8O4/c1-5-29-31(48)15-13-26-9-6-10-30(35(26)29)38-37(49)39-36-32(54-38)11-7-12-33-34-16-14-27(59(34)45(60)63-46(2,3)4)23-57(33)42(36)56-44(55-39)62-25-47-18-8-22-58(47)28(17-19-47)24-61-43-40(41(50)51)52-20-21-53-43/h1,6,9-10,13,15,20-21,27-28,33-34,41H,7-8,11-12,14,16-19,22-25H2,2-4H3/t27-,28+,33-,34+,47+/m1/s1. The highest BCUT2D eigenvalue weighted by atomic mass is 19.3. The van der Waals surface area contributed by atoms with Gasteiger partial charge >= 0.3 is 12.1 Å². The molecule has 8 heterocycles. The maximum absolute atomic E-state index is 17.7. The Morgan fingerprint density at radius 3 is 2.62 bits per heavy atom. The van der Waals surface area contributed by atoms with Gasteiger partial charge < -0.3 is 19.1 Å². The third-order valence-corrected chi connectivity index (χ3v) is 13.6. The van der Waals surface area contributed by atoms with Crippen LogP contribution in [-0.2, 0) is 11.2 Å². The van der Waals surface area contributed by atoms with Crippen LogP contribution < -0.4 is 14.4 Å². The van der Waals surface area contributed by atoms with Gasteiger partial charge in [-0.05, 0) is 96.6 Å². The van der Waals surface area contributed by atoms with Crippen molar-refractivity contribution in [3.63, 3.8) is 0 Å². The molecule has 5 aliphatic rings. The molecule has 16 heteroatoms. The first kappa shape index (κ1) is 41.2. The van der Waals surface area contributed by atoms with Crippen molar-refractivity contribution in [2.75, 3.05) is 31.2 Å². The van der Waals surface area contributed by atoms with E-state index in [9.17, 15) is 13.6 Å². The maximum atomic E-state index is 17.7. The Morgan fingerprint density at radius 2 is 1.81 bits per heavy atom. The molecule has 12 nitrogen and oxygen atoms in total. The molecule has 5 aliphatic heterocycles. The fraction of sp³-hybridized carbons (Fsp3) is 0.489. The van der Waals surface area contributed by atoms with Crippen molar-refractivity contribution in [3.8, 4) is 35.5 Å². The summed E-state index contributed by atoms with van der Waals surface area (Å²) in [6, 6.07) is 7.66. The third-order valence-electron chi connectivity index (χ3n) is 13.6. The fourth-order valence-electron chi connectivity index (χ4n) is 11.0. The van der Waals surface area contributed by atoms with Gasteiger partial charge in [-0.25, -0.2) is 37.3 Å². The molecule has 10 rings (SSSR count). The molecule has 5 aromatic rings. The zero-order valence-corrected chi connectivity index (χ0v) is 35.4. The summed E-state index contributed by atoms with van der Waals surface area (Å²) >= 11 is 0. The van der Waals surface area contributed by atoms with Gasteiger partial charge in [0.15, 0.2) is 11.5 Å². The number of nitrogens with zero attached hydrogens (tertiary/aromatic N) is 8. The molecule has 0 unspecified atom stereocenters. The number of piperazine rings is 1. The predicted octanol–water partition coefficient (Wildman–Crippen LogP) is 8.58. The van der Waals surface area contributed by atoms with Crippen LogP contribution in [0.4, 0.5) is 28.2 Å². The zero-order valence-electron chi connectivity index (χ0n) is 35.4. The molecule has 0 aliphatic carbocycles. The van der Waals surface area contributed by atoms with E-state index < -0.39 is 34.9 Å². The van der Waals surface area contributed by atoms with E-state index in [0.29, 0.717) is 59.0 Å². The van der Waals surface area contributed by atoms with E-state index in [2.05, 4.69) is 25.7 Å². The van der Waals surface area contributed by atoms with Crippen LogP contribution in [0.25, 0.3) is 32.9 Å². The predicted molar refractivity (Wildman–Crippen MR) is 227 cm³/mol. The number of ether oxygens (including phenoxy) is 3. The lowest BCUT2D eigenvalue weighted by Crippen LogP contribution is -2.62. The molecule has 5 atom stereocenters. The number of pyridine rings is 1. The number of aromatic nitrogens is 5. The third kappa shape index (κ3) is 7.12. The SMILES string of the molecule is C#Cc1c(F)ccc2cccc(-c3nc4c5c(nc(OC[C@@]67CCCN6[C@H](COc6nccnc6C(F)F)CC7)nc5c3F)N3C[C@H]5CC[C@@H]([C@H]3CCC4)N5C(=O)OC(C)(C)C)c12. The number of aryl methyl sites for hydroxylation is 1. The first-order valence-electron chi connectivity index (χ1n) is 21.8. The summed E-state index contributed by atoms with van der Waals surface area (Å²) in [5.41, 5.74) is -0.554. The second-order valence-electron chi connectivity index (χ2n) is 18.4.